The van der Waals surface area contributed by atoms with E-state index in [1.807, 2.05) is 6.92 Å². The van der Waals surface area contributed by atoms with Gasteiger partial charge >= 0.3 is 11.9 Å². The van der Waals surface area contributed by atoms with Gasteiger partial charge in [-0.25, -0.2) is 4.79 Å². The van der Waals surface area contributed by atoms with Crippen LogP contribution in [0, 0.1) is 11.8 Å². The molecule has 2 aliphatic rings. The zero-order chi connectivity index (χ0) is 52.4. The molecule has 0 spiro atoms. The number of esters is 1. The van der Waals surface area contributed by atoms with Crippen LogP contribution in [0.2, 0.25) is 0 Å². The maximum absolute atomic E-state index is 14.9. The molecule has 390 valence electrons. The number of benzene rings is 1. The van der Waals surface area contributed by atoms with Crippen LogP contribution in [0.4, 0.5) is 0 Å². The smallest absolute Gasteiger partial charge is 0.329 e. The second-order valence-corrected chi connectivity index (χ2v) is 18.2. The van der Waals surface area contributed by atoms with E-state index in [9.17, 15) is 58.5 Å². The Labute approximate surface area is 408 Å². The molecule has 7 amide bonds. The van der Waals surface area contributed by atoms with Gasteiger partial charge in [-0.1, -0.05) is 72.4 Å². The third-order valence-corrected chi connectivity index (χ3v) is 12.9. The minimum absolute atomic E-state index is 0.00398. The van der Waals surface area contributed by atoms with E-state index in [-0.39, 0.29) is 56.8 Å². The lowest BCUT2D eigenvalue weighted by Crippen LogP contribution is -2.66. The molecule has 2 aliphatic heterocycles. The molecule has 0 aliphatic carbocycles. The van der Waals surface area contributed by atoms with Gasteiger partial charge in [0.05, 0.1) is 6.42 Å². The van der Waals surface area contributed by atoms with Crippen LogP contribution in [0.3, 0.4) is 0 Å². The van der Waals surface area contributed by atoms with Crippen molar-refractivity contribution < 1.29 is 63.2 Å². The van der Waals surface area contributed by atoms with Crippen LogP contribution in [0.25, 0.3) is 0 Å². The molecule has 70 heavy (non-hydrogen) atoms. The summed E-state index contributed by atoms with van der Waals surface area (Å²) in [6, 6.07) is -4.72. The first kappa shape index (κ1) is 57.8. The van der Waals surface area contributed by atoms with Gasteiger partial charge in [0, 0.05) is 26.4 Å². The predicted octanol–water partition coefficient (Wildman–Crippen LogP) is -0.359. The van der Waals surface area contributed by atoms with E-state index in [2.05, 4.69) is 31.6 Å². The highest BCUT2D eigenvalue weighted by Gasteiger charge is 2.47. The number of hydrogen-bond acceptors (Lipinski definition) is 13. The fourth-order valence-corrected chi connectivity index (χ4v) is 8.23. The summed E-state index contributed by atoms with van der Waals surface area (Å²) in [7, 11) is 1.35. The Morgan fingerprint density at radius 2 is 1.54 bits per heavy atom. The summed E-state index contributed by atoms with van der Waals surface area (Å²) in [6.45, 7) is 10.0. The largest absolute Gasteiger partial charge is 0.508 e. The van der Waals surface area contributed by atoms with Gasteiger partial charge in [0.15, 0.2) is 5.96 Å². The van der Waals surface area contributed by atoms with Crippen molar-refractivity contribution in [1.29, 1.82) is 0 Å². The van der Waals surface area contributed by atoms with Crippen molar-refractivity contribution in [3.8, 4) is 5.75 Å². The van der Waals surface area contributed by atoms with Gasteiger partial charge in [0.1, 0.15) is 60.4 Å². The Hall–Kier alpha value is -6.52. The molecule has 0 saturated carbocycles. The van der Waals surface area contributed by atoms with E-state index in [1.165, 1.54) is 26.1 Å². The Kier molecular flexibility index (Phi) is 22.8. The molecule has 11 atom stereocenters. The van der Waals surface area contributed by atoms with Gasteiger partial charge in [0.25, 0.3) is 0 Å². The summed E-state index contributed by atoms with van der Waals surface area (Å²) in [5, 5.41) is 44.0. The number of hydrogen-bond donors (Lipinski definition) is 10. The first-order valence-electron chi connectivity index (χ1n) is 24.1. The molecule has 1 aromatic rings. The number of aliphatic hydroxyl groups excluding tert-OH is 1. The monoisotopic (exact) mass is 987 g/mol. The first-order valence-corrected chi connectivity index (χ1v) is 24.1. The summed E-state index contributed by atoms with van der Waals surface area (Å²) >= 11 is 0. The molecular weight excluding hydrogens is 913 g/mol. The fraction of sp³-hybridized carbons (Fsp3) is 0.660. The van der Waals surface area contributed by atoms with Crippen LogP contribution in [-0.4, -0.2) is 153 Å². The Morgan fingerprint density at radius 1 is 0.886 bits per heavy atom. The van der Waals surface area contributed by atoms with Crippen molar-refractivity contribution in [2.75, 3.05) is 13.6 Å². The van der Waals surface area contributed by atoms with E-state index in [4.69, 9.17) is 16.2 Å². The summed E-state index contributed by atoms with van der Waals surface area (Å²) in [4.78, 5) is 132. The maximum atomic E-state index is 14.9. The quantitative estimate of drug-likeness (QED) is 0.0366. The Morgan fingerprint density at radius 3 is 2.14 bits per heavy atom. The molecule has 2 fully saturated rings. The van der Waals surface area contributed by atoms with Crippen molar-refractivity contribution in [1.82, 2.24) is 36.4 Å². The molecule has 23 heteroatoms. The molecule has 23 nitrogen and oxygen atoms in total. The van der Waals surface area contributed by atoms with Crippen molar-refractivity contribution >= 4 is 59.2 Å². The van der Waals surface area contributed by atoms with Crippen molar-refractivity contribution in [3.05, 3.63) is 29.8 Å². The highest BCUT2D eigenvalue weighted by Crippen LogP contribution is 2.28. The topological polar surface area (TPSA) is 355 Å². The number of nitrogens with zero attached hydrogens (tertiary/aromatic N) is 3. The van der Waals surface area contributed by atoms with Gasteiger partial charge in [0.2, 0.25) is 41.4 Å². The number of rotatable bonds is 19. The Bertz CT molecular complexity index is 2030. The number of guanidine groups is 1. The molecule has 1 unspecified atom stereocenters. The van der Waals surface area contributed by atoms with E-state index in [0.29, 0.717) is 31.2 Å². The van der Waals surface area contributed by atoms with Crippen molar-refractivity contribution in [2.24, 2.45) is 28.3 Å². The summed E-state index contributed by atoms with van der Waals surface area (Å²) in [6.07, 6.45) is -1.87. The first-order chi connectivity index (χ1) is 33.0. The summed E-state index contributed by atoms with van der Waals surface area (Å²) in [5.41, 5.74) is 11.5. The van der Waals surface area contributed by atoms with Crippen molar-refractivity contribution in [3.63, 3.8) is 0 Å². The zero-order valence-corrected chi connectivity index (χ0v) is 41.3. The number of carbonyl (C=O) groups is 9. The molecule has 0 radical (unpaired) electrons. The number of aromatic hydroxyl groups is 1. The molecule has 2 heterocycles. The molecule has 2 bridgehead atoms. The number of unbranched alkanes of at least 4 members (excludes halogenated alkanes) is 2. The molecular formula is C47H74N10O13. The number of nitrogens with two attached hydrogens (primary N) is 2. The number of phenolic OH excluding ortho intramolecular Hbond substituents is 1. The van der Waals surface area contributed by atoms with Gasteiger partial charge in [-0.15, -0.1) is 0 Å². The second kappa shape index (κ2) is 27.6. The van der Waals surface area contributed by atoms with Crippen LogP contribution in [0.5, 0.6) is 5.75 Å². The number of likely N-dealkylation sites (N-methyl/N-ethyl adjacent to an activating group) is 1. The number of amides is 7. The maximum Gasteiger partial charge on any atom is 0.329 e. The number of nitrogens with one attached hydrogen (secondary N) is 5. The number of carboxylic acid groups (broad SMARTS) is 1. The number of phenols is 1. The second-order valence-electron chi connectivity index (χ2n) is 18.2. The minimum atomic E-state index is -1.88. The normalized spacial score (nSPS) is 25.3. The standard InChI is InChI=1S/C47H74N10O13/c1-8-11-12-15-34(59)51-32(24-36(61)62)41(64)55-38-27(6)70-46(69)37(25(4)9-2)54-42(65)33(23-28-16-18-29(58)19-17-28)56(7)45(68)39(26(5)10-3)57-35(60)21-20-31(44(57)67)53-40(63)30(52-43(38)66)14-13-22-50-47(48)49/h16-19,25-27,30-33,35,37-39,58,60H,8-15,20-24H2,1-7H3,(H,51,59)(H,52,66)(H,53,63)(H,54,65)(H,55,64)(H,61,62)(H4,48,49,50)/t25-,26-,27+,30-,31-,32-,33-,35+,37-,38?,39-/m0/s1. The molecule has 12 N–H and O–H groups in total. The van der Waals surface area contributed by atoms with E-state index in [1.54, 1.807) is 39.8 Å². The van der Waals surface area contributed by atoms with Crippen LogP contribution in [0.15, 0.2) is 29.3 Å². The molecule has 2 saturated heterocycles. The number of fused-ring (bicyclic) bond motifs is 2. The average Bonchev–Trinajstić information content (AvgIpc) is 3.30. The third kappa shape index (κ3) is 16.6. The van der Waals surface area contributed by atoms with Gasteiger partial charge in [-0.3, -0.25) is 43.3 Å². The van der Waals surface area contributed by atoms with Crippen LogP contribution in [-0.2, 0) is 54.3 Å². The lowest BCUT2D eigenvalue weighted by Gasteiger charge is -2.44. The molecule has 1 aromatic carbocycles. The van der Waals surface area contributed by atoms with E-state index in [0.717, 1.165) is 16.2 Å². The average molecular weight is 987 g/mol. The highest BCUT2D eigenvalue weighted by molar-refractivity contribution is 5.99. The summed E-state index contributed by atoms with van der Waals surface area (Å²) in [5.74, 6) is -10.2. The van der Waals surface area contributed by atoms with Crippen LogP contribution in [0.1, 0.15) is 118 Å². The molecule has 3 rings (SSSR count). The number of aliphatic hydroxyl groups is 1. The minimum Gasteiger partial charge on any atom is -0.508 e. The number of carbonyl (C=O) groups excluding carboxylic acids is 8. The van der Waals surface area contributed by atoms with E-state index >= 15 is 0 Å². The van der Waals surface area contributed by atoms with Crippen LogP contribution < -0.4 is 38.1 Å². The lowest BCUT2D eigenvalue weighted by molar-refractivity contribution is -0.168. The van der Waals surface area contributed by atoms with Gasteiger partial charge in [-0.2, -0.15) is 0 Å². The van der Waals surface area contributed by atoms with Gasteiger partial charge in [-0.05, 0) is 68.6 Å². The molecule has 0 aromatic heterocycles. The van der Waals surface area contributed by atoms with Crippen molar-refractivity contribution in [2.45, 2.75) is 173 Å². The number of carboxylic acids is 1. The Balaban J connectivity index is 2.27. The lowest BCUT2D eigenvalue weighted by atomic mass is 9.91. The number of cyclic esters (lactones) is 1. The fourth-order valence-electron chi connectivity index (χ4n) is 8.23. The number of ether oxygens (including phenoxy) is 1. The van der Waals surface area contributed by atoms with Crippen LogP contribution >= 0.6 is 0 Å². The van der Waals surface area contributed by atoms with Gasteiger partial charge < -0.3 is 67.9 Å². The van der Waals surface area contributed by atoms with E-state index < -0.39 is 126 Å². The third-order valence-electron chi connectivity index (χ3n) is 12.9. The SMILES string of the molecule is CCCCCC(=O)N[C@@H](CC(=O)O)C(=O)NC1C(=O)N[C@@H](CCCN=C(N)N)C(=O)N[C@H]2CC[C@@H](O)N(C2=O)[C@@H]([C@@H](C)CC)C(=O)N(C)[C@@H](Cc2ccc(O)cc2)C(=O)N[C@@H]([C@@H](C)CC)C(=O)O[C@@H]1C. The highest BCUT2D eigenvalue weighted by atomic mass is 16.5. The predicted molar refractivity (Wildman–Crippen MR) is 255 cm³/mol. The zero-order valence-electron chi connectivity index (χ0n) is 41.3. The number of aliphatic imine (C=N–C) groups is 1. The summed E-state index contributed by atoms with van der Waals surface area (Å²) < 4.78 is 5.87. The number of piperidine rings is 1. The number of aliphatic carboxylic acids is 1.